The molecule has 3 N–H and O–H groups in total. The molecule has 0 aliphatic rings. The van der Waals surface area contributed by atoms with Gasteiger partial charge in [0.2, 0.25) is 0 Å². The first-order valence-corrected chi connectivity index (χ1v) is 8.03. The third-order valence-electron chi connectivity index (χ3n) is 2.67. The highest BCUT2D eigenvalue weighted by molar-refractivity contribution is 7.85. The van der Waals surface area contributed by atoms with Crippen LogP contribution >= 0.6 is 0 Å². The van der Waals surface area contributed by atoms with Gasteiger partial charge in [0.25, 0.3) is 21.5 Å². The molecule has 0 saturated carbocycles. The minimum atomic E-state index is -4.18. The van der Waals surface area contributed by atoms with Crippen molar-refractivity contribution in [3.8, 4) is 0 Å². The number of nitrogens with zero attached hydrogens (tertiary/aromatic N) is 2. The molecule has 12 nitrogen and oxygen atoms in total. The van der Waals surface area contributed by atoms with Gasteiger partial charge in [0.05, 0.1) is 15.9 Å². The van der Waals surface area contributed by atoms with Crippen molar-refractivity contribution in [2.45, 2.75) is 6.42 Å². The Labute approximate surface area is 136 Å². The molecular formula is C11H14N4O8S. The molecule has 0 fully saturated rings. The summed E-state index contributed by atoms with van der Waals surface area (Å²) in [6.45, 7) is -0.349. The summed E-state index contributed by atoms with van der Waals surface area (Å²) in [6, 6.07) is 3.10. The number of rotatable bonds is 9. The molecule has 1 aromatic rings. The highest BCUT2D eigenvalue weighted by Crippen LogP contribution is 2.28. The molecule has 0 bridgehead atoms. The third kappa shape index (κ3) is 6.53. The van der Waals surface area contributed by atoms with E-state index >= 15 is 0 Å². The van der Waals surface area contributed by atoms with Crippen LogP contribution in [0.3, 0.4) is 0 Å². The third-order valence-corrected chi connectivity index (χ3v) is 3.36. The van der Waals surface area contributed by atoms with Crippen LogP contribution < -0.4 is 5.32 Å². The second kappa shape index (κ2) is 8.16. The van der Waals surface area contributed by atoms with Gasteiger partial charge in [-0.1, -0.05) is 0 Å². The van der Waals surface area contributed by atoms with Crippen LogP contribution in [-0.4, -0.2) is 47.6 Å². The Morgan fingerprint density at radius 2 is 1.96 bits per heavy atom. The van der Waals surface area contributed by atoms with Gasteiger partial charge < -0.3 is 10.1 Å². The number of hydrogen-bond donors (Lipinski definition) is 3. The van der Waals surface area contributed by atoms with Crippen molar-refractivity contribution < 1.29 is 27.6 Å². The van der Waals surface area contributed by atoms with Crippen LogP contribution in [0.1, 0.15) is 6.42 Å². The van der Waals surface area contributed by atoms with Crippen molar-refractivity contribution in [3.05, 3.63) is 38.4 Å². The van der Waals surface area contributed by atoms with E-state index < -0.39 is 43.7 Å². The predicted octanol–water partition coefficient (Wildman–Crippen LogP) is 1.19. The van der Waals surface area contributed by atoms with Crippen molar-refractivity contribution in [1.82, 2.24) is 0 Å². The van der Waals surface area contributed by atoms with E-state index in [-0.39, 0.29) is 24.6 Å². The number of nitrogens with one attached hydrogen (secondary N) is 2. The SMILES string of the molecule is N=C(CCNc1ccc([N+](=O)[O-])cc1[N+](=O)[O-])OCCS(=O)(=O)O. The van der Waals surface area contributed by atoms with Crippen LogP contribution in [0.5, 0.6) is 0 Å². The lowest BCUT2D eigenvalue weighted by Crippen LogP contribution is -2.16. The lowest BCUT2D eigenvalue weighted by Gasteiger charge is -2.09. The largest absolute Gasteiger partial charge is 0.480 e. The first kappa shape index (κ1) is 19.2. The molecule has 0 atom stereocenters. The van der Waals surface area contributed by atoms with E-state index in [9.17, 15) is 28.6 Å². The molecule has 0 spiro atoms. The summed E-state index contributed by atoms with van der Waals surface area (Å²) in [7, 11) is -4.18. The van der Waals surface area contributed by atoms with Gasteiger partial charge in [0, 0.05) is 19.0 Å². The van der Waals surface area contributed by atoms with Crippen LogP contribution in [0.2, 0.25) is 0 Å². The van der Waals surface area contributed by atoms with E-state index in [4.69, 9.17) is 14.7 Å². The summed E-state index contributed by atoms with van der Waals surface area (Å²) in [5, 5.41) is 31.6. The molecule has 0 saturated heterocycles. The Kier molecular flexibility index (Phi) is 6.55. The zero-order valence-electron chi connectivity index (χ0n) is 12.2. The minimum absolute atomic E-state index is 0.0143. The second-order valence-electron chi connectivity index (χ2n) is 4.45. The molecule has 0 heterocycles. The van der Waals surface area contributed by atoms with Gasteiger partial charge in [0.15, 0.2) is 5.90 Å². The fourth-order valence-electron chi connectivity index (χ4n) is 1.59. The number of benzene rings is 1. The summed E-state index contributed by atoms with van der Waals surface area (Å²) in [6.07, 6.45) is -0.0143. The summed E-state index contributed by atoms with van der Waals surface area (Å²) in [5.74, 6) is -0.938. The predicted molar refractivity (Wildman–Crippen MR) is 83.0 cm³/mol. The van der Waals surface area contributed by atoms with E-state index in [1.165, 1.54) is 6.07 Å². The fourth-order valence-corrected chi connectivity index (χ4v) is 1.88. The molecule has 1 rings (SSSR count). The number of ether oxygens (including phenoxy) is 1. The number of non-ortho nitro benzene ring substituents is 1. The average Bonchev–Trinajstić information content (AvgIpc) is 2.45. The lowest BCUT2D eigenvalue weighted by atomic mass is 10.2. The Morgan fingerprint density at radius 1 is 1.29 bits per heavy atom. The van der Waals surface area contributed by atoms with Gasteiger partial charge in [-0.05, 0) is 6.07 Å². The number of nitro benzene ring substituents is 2. The average molecular weight is 362 g/mol. The second-order valence-corrected chi connectivity index (χ2v) is 6.02. The molecule has 0 amide bonds. The Hall–Kier alpha value is -2.80. The van der Waals surface area contributed by atoms with Gasteiger partial charge in [-0.3, -0.25) is 30.2 Å². The van der Waals surface area contributed by atoms with E-state index in [0.29, 0.717) is 0 Å². The highest BCUT2D eigenvalue weighted by atomic mass is 32.2. The first-order valence-electron chi connectivity index (χ1n) is 6.42. The van der Waals surface area contributed by atoms with Crippen molar-refractivity contribution in [1.29, 1.82) is 5.41 Å². The molecule has 0 aliphatic heterocycles. The van der Waals surface area contributed by atoms with E-state index in [0.717, 1.165) is 12.1 Å². The van der Waals surface area contributed by atoms with Crippen molar-refractivity contribution in [2.24, 2.45) is 0 Å². The van der Waals surface area contributed by atoms with Gasteiger partial charge in [-0.15, -0.1) is 0 Å². The van der Waals surface area contributed by atoms with Crippen LogP contribution in [0.15, 0.2) is 18.2 Å². The van der Waals surface area contributed by atoms with Crippen molar-refractivity contribution in [3.63, 3.8) is 0 Å². The molecule has 0 aromatic heterocycles. The fraction of sp³-hybridized carbons (Fsp3) is 0.364. The van der Waals surface area contributed by atoms with Crippen LogP contribution in [-0.2, 0) is 14.9 Å². The van der Waals surface area contributed by atoms with E-state index in [2.05, 4.69) is 5.32 Å². The van der Waals surface area contributed by atoms with Gasteiger partial charge in [0.1, 0.15) is 18.0 Å². The number of hydrogen-bond acceptors (Lipinski definition) is 9. The zero-order chi connectivity index (χ0) is 18.3. The highest BCUT2D eigenvalue weighted by Gasteiger charge is 2.19. The van der Waals surface area contributed by atoms with E-state index in [1.807, 2.05) is 0 Å². The molecule has 132 valence electrons. The molecule has 0 radical (unpaired) electrons. The molecular weight excluding hydrogens is 348 g/mol. The molecule has 0 unspecified atom stereocenters. The quantitative estimate of drug-likeness (QED) is 0.191. The Morgan fingerprint density at radius 3 is 2.50 bits per heavy atom. The van der Waals surface area contributed by atoms with Crippen LogP contribution in [0, 0.1) is 25.6 Å². The topological polar surface area (TPSA) is 186 Å². The minimum Gasteiger partial charge on any atom is -0.480 e. The van der Waals surface area contributed by atoms with Crippen molar-refractivity contribution in [2.75, 3.05) is 24.2 Å². The summed E-state index contributed by atoms with van der Waals surface area (Å²) in [5.41, 5.74) is -0.868. The smallest absolute Gasteiger partial charge is 0.299 e. The molecule has 24 heavy (non-hydrogen) atoms. The monoisotopic (exact) mass is 362 g/mol. The number of anilines is 1. The summed E-state index contributed by atoms with van der Waals surface area (Å²) >= 11 is 0. The molecule has 0 aliphatic carbocycles. The van der Waals surface area contributed by atoms with Crippen molar-refractivity contribution >= 4 is 33.1 Å². The Bertz CT molecular complexity index is 748. The molecule has 13 heteroatoms. The standard InChI is InChI=1S/C11H14N4O8S/c12-11(23-5-6-24(20,21)22)3-4-13-9-2-1-8(14(16)17)7-10(9)15(18)19/h1-2,7,12-13H,3-6H2,(H,20,21,22). The molecule has 1 aromatic carbocycles. The van der Waals surface area contributed by atoms with Crippen LogP contribution in [0.4, 0.5) is 17.1 Å². The zero-order valence-corrected chi connectivity index (χ0v) is 13.0. The summed E-state index contributed by atoms with van der Waals surface area (Å²) in [4.78, 5) is 20.0. The normalized spacial score (nSPS) is 10.9. The number of nitro groups is 2. The van der Waals surface area contributed by atoms with Gasteiger partial charge in [-0.2, -0.15) is 8.42 Å². The Balaban J connectivity index is 2.57. The van der Waals surface area contributed by atoms with Crippen LogP contribution in [0.25, 0.3) is 0 Å². The lowest BCUT2D eigenvalue weighted by molar-refractivity contribution is -0.393. The summed E-state index contributed by atoms with van der Waals surface area (Å²) < 4.78 is 34.2. The van der Waals surface area contributed by atoms with E-state index in [1.54, 1.807) is 0 Å². The first-order chi connectivity index (χ1) is 11.1. The van der Waals surface area contributed by atoms with Gasteiger partial charge >= 0.3 is 0 Å². The maximum absolute atomic E-state index is 10.9. The maximum atomic E-state index is 10.9. The van der Waals surface area contributed by atoms with Gasteiger partial charge in [-0.25, -0.2) is 0 Å². The maximum Gasteiger partial charge on any atom is 0.299 e.